The van der Waals surface area contributed by atoms with Gasteiger partial charge in [0, 0.05) is 17.8 Å². The molecule has 28 heavy (non-hydrogen) atoms. The summed E-state index contributed by atoms with van der Waals surface area (Å²) in [7, 11) is 0. The van der Waals surface area contributed by atoms with Crippen LogP contribution in [0.4, 0.5) is 0 Å². The van der Waals surface area contributed by atoms with Crippen LogP contribution in [0.1, 0.15) is 63.5 Å². The smallest absolute Gasteiger partial charge is 0.00975 e. The van der Waals surface area contributed by atoms with Gasteiger partial charge in [0.2, 0.25) is 0 Å². The van der Waals surface area contributed by atoms with Crippen molar-refractivity contribution >= 4 is 0 Å². The summed E-state index contributed by atoms with van der Waals surface area (Å²) in [4.78, 5) is 0. The van der Waals surface area contributed by atoms with Crippen molar-refractivity contribution in [3.8, 4) is 0 Å². The normalized spacial score (nSPS) is 28.1. The predicted molar refractivity (Wildman–Crippen MR) is 121 cm³/mol. The second-order valence-corrected chi connectivity index (χ2v) is 9.47. The molecule has 3 aliphatic carbocycles. The highest BCUT2D eigenvalue weighted by atomic mass is 14.4. The summed E-state index contributed by atoms with van der Waals surface area (Å²) in [6.45, 7) is 15.9. The molecule has 1 saturated carbocycles. The molecule has 0 heteroatoms. The van der Waals surface area contributed by atoms with Gasteiger partial charge in [0.25, 0.3) is 0 Å². The zero-order valence-corrected chi connectivity index (χ0v) is 18.1. The Kier molecular flexibility index (Phi) is 5.50. The van der Waals surface area contributed by atoms with Crippen LogP contribution in [0.25, 0.3) is 0 Å². The molecular formula is C28H36. The summed E-state index contributed by atoms with van der Waals surface area (Å²) >= 11 is 0. The Labute approximate surface area is 172 Å². The van der Waals surface area contributed by atoms with E-state index in [1.165, 1.54) is 60.0 Å². The van der Waals surface area contributed by atoms with Crippen LogP contribution < -0.4 is 0 Å². The lowest BCUT2D eigenvalue weighted by Crippen LogP contribution is -2.23. The van der Waals surface area contributed by atoms with Crippen molar-refractivity contribution < 1.29 is 0 Å². The molecule has 0 nitrogen and oxygen atoms in total. The minimum atomic E-state index is 0.452. The van der Waals surface area contributed by atoms with E-state index in [0.717, 1.165) is 18.8 Å². The van der Waals surface area contributed by atoms with Gasteiger partial charge in [-0.3, -0.25) is 0 Å². The fourth-order valence-corrected chi connectivity index (χ4v) is 5.90. The third kappa shape index (κ3) is 3.47. The largest absolute Gasteiger partial charge is 0.0986 e. The number of hydrogen-bond donors (Lipinski definition) is 0. The highest BCUT2D eigenvalue weighted by Gasteiger charge is 2.39. The Hall–Kier alpha value is -1.82. The SMILES string of the molecule is C=C1C2=C(C=C(CC3CCCC3)C2Cc2ccc(C)cc2)C(C)C(=C)C1CC. The second kappa shape index (κ2) is 7.90. The van der Waals surface area contributed by atoms with Crippen LogP contribution in [0.15, 0.2) is 71.4 Å². The van der Waals surface area contributed by atoms with E-state index in [4.69, 9.17) is 0 Å². The number of benzene rings is 1. The third-order valence-electron chi connectivity index (χ3n) is 7.65. The fraction of sp³-hybridized carbons (Fsp3) is 0.500. The van der Waals surface area contributed by atoms with Gasteiger partial charge in [-0.25, -0.2) is 0 Å². The zero-order valence-electron chi connectivity index (χ0n) is 18.1. The molecule has 0 heterocycles. The third-order valence-corrected chi connectivity index (χ3v) is 7.65. The molecule has 0 spiro atoms. The Bertz CT molecular complexity index is 823. The molecule has 3 aliphatic rings. The van der Waals surface area contributed by atoms with E-state index in [2.05, 4.69) is 64.3 Å². The molecule has 148 valence electrons. The number of hydrogen-bond acceptors (Lipinski definition) is 0. The second-order valence-electron chi connectivity index (χ2n) is 9.47. The van der Waals surface area contributed by atoms with Crippen molar-refractivity contribution in [1.29, 1.82) is 0 Å². The van der Waals surface area contributed by atoms with Crippen molar-refractivity contribution in [2.75, 3.05) is 0 Å². The van der Waals surface area contributed by atoms with Crippen LogP contribution in [-0.2, 0) is 6.42 Å². The molecule has 1 fully saturated rings. The number of rotatable bonds is 5. The van der Waals surface area contributed by atoms with Crippen molar-refractivity contribution in [2.24, 2.45) is 23.7 Å². The van der Waals surface area contributed by atoms with Crippen LogP contribution in [0.2, 0.25) is 0 Å². The molecule has 1 aromatic carbocycles. The molecule has 4 rings (SSSR count). The van der Waals surface area contributed by atoms with Gasteiger partial charge < -0.3 is 0 Å². The van der Waals surface area contributed by atoms with Crippen LogP contribution in [0, 0.1) is 30.6 Å². The maximum atomic E-state index is 4.61. The minimum Gasteiger partial charge on any atom is -0.0986 e. The van der Waals surface area contributed by atoms with E-state index in [9.17, 15) is 0 Å². The predicted octanol–water partition coefficient (Wildman–Crippen LogP) is 7.76. The first-order valence-electron chi connectivity index (χ1n) is 11.4. The first-order chi connectivity index (χ1) is 13.5. The molecule has 0 aromatic heterocycles. The molecule has 0 aliphatic heterocycles. The summed E-state index contributed by atoms with van der Waals surface area (Å²) in [5, 5.41) is 0. The lowest BCUT2D eigenvalue weighted by molar-refractivity contribution is 0.508. The summed E-state index contributed by atoms with van der Waals surface area (Å²) in [6, 6.07) is 9.17. The van der Waals surface area contributed by atoms with E-state index in [1.807, 2.05) is 0 Å². The standard InChI is InChI=1S/C28H36/c1-6-25-19(3)20(4)26-17-24(15-22-9-7-8-10-22)27(28(26)21(25)5)16-23-13-11-18(2)12-14-23/h11-14,17,20,22,25,27H,3,5-10,15-16H2,1-2,4H3. The van der Waals surface area contributed by atoms with Gasteiger partial charge in [-0.1, -0.05) is 99.7 Å². The van der Waals surface area contributed by atoms with E-state index in [0.29, 0.717) is 17.8 Å². The lowest BCUT2D eigenvalue weighted by atomic mass is 9.69. The Morgan fingerprint density at radius 1 is 0.964 bits per heavy atom. The van der Waals surface area contributed by atoms with Gasteiger partial charge in [0.05, 0.1) is 0 Å². The van der Waals surface area contributed by atoms with Gasteiger partial charge in [-0.05, 0) is 54.4 Å². The highest BCUT2D eigenvalue weighted by molar-refractivity contribution is 5.59. The Morgan fingerprint density at radius 2 is 1.64 bits per heavy atom. The van der Waals surface area contributed by atoms with Crippen LogP contribution in [0.3, 0.4) is 0 Å². The van der Waals surface area contributed by atoms with Crippen LogP contribution >= 0.6 is 0 Å². The van der Waals surface area contributed by atoms with Gasteiger partial charge in [-0.15, -0.1) is 0 Å². The van der Waals surface area contributed by atoms with E-state index in [-0.39, 0.29) is 0 Å². The molecule has 0 N–H and O–H groups in total. The van der Waals surface area contributed by atoms with E-state index >= 15 is 0 Å². The van der Waals surface area contributed by atoms with Gasteiger partial charge in [0.15, 0.2) is 0 Å². The Morgan fingerprint density at radius 3 is 2.29 bits per heavy atom. The lowest BCUT2D eigenvalue weighted by Gasteiger charge is -2.35. The maximum Gasteiger partial charge on any atom is 0.00975 e. The molecule has 0 amide bonds. The molecule has 3 unspecified atom stereocenters. The summed E-state index contributed by atoms with van der Waals surface area (Å²) in [6.07, 6.45) is 11.8. The molecule has 0 radical (unpaired) electrons. The average Bonchev–Trinajstić information content (AvgIpc) is 3.31. The summed E-state index contributed by atoms with van der Waals surface area (Å²) in [5.74, 6) is 2.33. The maximum absolute atomic E-state index is 4.61. The van der Waals surface area contributed by atoms with Crippen LogP contribution in [-0.4, -0.2) is 0 Å². The minimum absolute atomic E-state index is 0.452. The molecule has 0 bridgehead atoms. The van der Waals surface area contributed by atoms with Crippen molar-refractivity contribution in [3.63, 3.8) is 0 Å². The summed E-state index contributed by atoms with van der Waals surface area (Å²) < 4.78 is 0. The first-order valence-corrected chi connectivity index (χ1v) is 11.4. The van der Waals surface area contributed by atoms with Gasteiger partial charge in [0.1, 0.15) is 0 Å². The topological polar surface area (TPSA) is 0 Å². The van der Waals surface area contributed by atoms with Gasteiger partial charge in [-0.2, -0.15) is 0 Å². The number of allylic oxidation sites excluding steroid dienone is 6. The molecule has 3 atom stereocenters. The fourth-order valence-electron chi connectivity index (χ4n) is 5.90. The highest BCUT2D eigenvalue weighted by Crippen LogP contribution is 2.52. The molecular weight excluding hydrogens is 336 g/mol. The van der Waals surface area contributed by atoms with Crippen molar-refractivity contribution in [1.82, 2.24) is 0 Å². The summed E-state index contributed by atoms with van der Waals surface area (Å²) in [5.41, 5.74) is 10.3. The van der Waals surface area contributed by atoms with E-state index < -0.39 is 0 Å². The van der Waals surface area contributed by atoms with Crippen molar-refractivity contribution in [3.05, 3.63) is 82.5 Å². The molecule has 0 saturated heterocycles. The monoisotopic (exact) mass is 372 g/mol. The zero-order chi connectivity index (χ0) is 19.8. The number of aryl methyl sites for hydroxylation is 1. The average molecular weight is 373 g/mol. The first kappa shape index (κ1) is 19.5. The van der Waals surface area contributed by atoms with Gasteiger partial charge >= 0.3 is 0 Å². The van der Waals surface area contributed by atoms with Crippen LogP contribution in [0.5, 0.6) is 0 Å². The van der Waals surface area contributed by atoms with Crippen molar-refractivity contribution in [2.45, 2.75) is 65.7 Å². The van der Waals surface area contributed by atoms with E-state index in [1.54, 1.807) is 11.1 Å². The molecule has 1 aromatic rings. The quantitative estimate of drug-likeness (QED) is 0.463. The Balaban J connectivity index is 1.69.